The molecule has 0 aliphatic rings. The minimum absolute atomic E-state index is 0.0702. The zero-order valence-corrected chi connectivity index (χ0v) is 11.7. The van der Waals surface area contributed by atoms with Crippen LogP contribution in [0.1, 0.15) is 21.6 Å². The van der Waals surface area contributed by atoms with Crippen LogP contribution in [0.3, 0.4) is 0 Å². The molecular formula is C15H12F3N3O2. The summed E-state index contributed by atoms with van der Waals surface area (Å²) in [5.74, 6) is -0.856. The van der Waals surface area contributed by atoms with Crippen molar-refractivity contribution in [2.24, 2.45) is 0 Å². The van der Waals surface area contributed by atoms with Gasteiger partial charge in [0, 0.05) is 6.20 Å². The van der Waals surface area contributed by atoms with Crippen molar-refractivity contribution in [3.8, 4) is 6.07 Å². The van der Waals surface area contributed by atoms with Crippen LogP contribution in [0.25, 0.3) is 0 Å². The number of aliphatic hydroxyl groups is 1. The molecule has 8 heteroatoms. The number of alkyl halides is 3. The summed E-state index contributed by atoms with van der Waals surface area (Å²) in [7, 11) is 0. The first-order valence-corrected chi connectivity index (χ1v) is 6.49. The number of hydrogen-bond acceptors (Lipinski definition) is 3. The summed E-state index contributed by atoms with van der Waals surface area (Å²) in [6, 6.07) is 9.47. The molecule has 1 atom stereocenters. The Morgan fingerprint density at radius 1 is 1.30 bits per heavy atom. The molecule has 0 saturated carbocycles. The van der Waals surface area contributed by atoms with Crippen molar-refractivity contribution in [1.29, 1.82) is 5.26 Å². The van der Waals surface area contributed by atoms with Crippen molar-refractivity contribution in [1.82, 2.24) is 10.3 Å². The molecule has 0 radical (unpaired) electrons. The third-order valence-corrected chi connectivity index (χ3v) is 3.28. The second-order valence-electron chi connectivity index (χ2n) is 4.82. The van der Waals surface area contributed by atoms with E-state index in [9.17, 15) is 23.1 Å². The maximum atomic E-state index is 13.2. The highest BCUT2D eigenvalue weighted by Crippen LogP contribution is 2.38. The Labute approximate surface area is 129 Å². The Hall–Kier alpha value is -2.79. The maximum absolute atomic E-state index is 13.2. The van der Waals surface area contributed by atoms with Crippen LogP contribution in [0.15, 0.2) is 42.6 Å². The molecule has 1 amide bonds. The largest absolute Gasteiger partial charge is 0.423 e. The fraction of sp³-hybridized carbons (Fsp3) is 0.200. The minimum atomic E-state index is -4.98. The van der Waals surface area contributed by atoms with E-state index in [0.29, 0.717) is 0 Å². The molecule has 1 aromatic carbocycles. The van der Waals surface area contributed by atoms with Gasteiger partial charge in [-0.25, -0.2) is 0 Å². The predicted molar refractivity (Wildman–Crippen MR) is 74.2 cm³/mol. The van der Waals surface area contributed by atoms with Crippen LogP contribution in [0.4, 0.5) is 13.2 Å². The fourth-order valence-electron chi connectivity index (χ4n) is 1.97. The summed E-state index contributed by atoms with van der Waals surface area (Å²) in [5, 5.41) is 20.8. The van der Waals surface area contributed by atoms with Gasteiger partial charge in [-0.1, -0.05) is 30.3 Å². The number of nitriles is 1. The van der Waals surface area contributed by atoms with Gasteiger partial charge in [0.25, 0.3) is 5.91 Å². The first-order valence-electron chi connectivity index (χ1n) is 6.49. The number of amides is 1. The van der Waals surface area contributed by atoms with Crippen molar-refractivity contribution in [2.75, 3.05) is 6.54 Å². The Bertz CT molecular complexity index is 734. The molecule has 5 nitrogen and oxygen atoms in total. The Kier molecular flexibility index (Phi) is 4.43. The normalized spacial score (nSPS) is 13.9. The Balaban J connectivity index is 2.20. The number of H-pyrrole nitrogens is 1. The standard InChI is InChI=1S/C15H12F3N3O2/c16-15(17,18)14(23,11-4-2-1-3-5-11)9-21-13(22)12-6-10(7-19)8-20-12/h1-6,8,20,23H,9H2,(H,21,22). The molecule has 0 bridgehead atoms. The molecule has 0 spiro atoms. The van der Waals surface area contributed by atoms with E-state index >= 15 is 0 Å². The van der Waals surface area contributed by atoms with Gasteiger partial charge < -0.3 is 15.4 Å². The molecule has 0 aliphatic heterocycles. The summed E-state index contributed by atoms with van der Waals surface area (Å²) in [5.41, 5.74) is -3.49. The third kappa shape index (κ3) is 3.35. The van der Waals surface area contributed by atoms with Gasteiger partial charge in [-0.3, -0.25) is 4.79 Å². The first kappa shape index (κ1) is 16.6. The van der Waals surface area contributed by atoms with E-state index in [1.165, 1.54) is 30.5 Å². The highest BCUT2D eigenvalue weighted by molar-refractivity contribution is 5.92. The monoisotopic (exact) mass is 323 g/mol. The number of nitrogens with one attached hydrogen (secondary N) is 2. The van der Waals surface area contributed by atoms with Crippen LogP contribution in [0, 0.1) is 11.3 Å². The van der Waals surface area contributed by atoms with E-state index in [1.54, 1.807) is 6.07 Å². The minimum Gasteiger partial charge on any atom is -0.375 e. The fourth-order valence-corrected chi connectivity index (χ4v) is 1.97. The van der Waals surface area contributed by atoms with Gasteiger partial charge in [-0.2, -0.15) is 18.4 Å². The molecule has 1 unspecified atom stereocenters. The van der Waals surface area contributed by atoms with Crippen molar-refractivity contribution in [3.05, 3.63) is 59.4 Å². The van der Waals surface area contributed by atoms with Crippen molar-refractivity contribution in [2.45, 2.75) is 11.8 Å². The van der Waals surface area contributed by atoms with E-state index in [-0.39, 0.29) is 16.8 Å². The van der Waals surface area contributed by atoms with Crippen LogP contribution in [-0.2, 0) is 5.60 Å². The highest BCUT2D eigenvalue weighted by Gasteiger charge is 2.55. The molecule has 0 fully saturated rings. The summed E-state index contributed by atoms with van der Waals surface area (Å²) in [6.07, 6.45) is -3.72. The Morgan fingerprint density at radius 3 is 2.48 bits per heavy atom. The van der Waals surface area contributed by atoms with E-state index in [1.807, 2.05) is 5.32 Å². The zero-order valence-electron chi connectivity index (χ0n) is 11.7. The lowest BCUT2D eigenvalue weighted by molar-refractivity contribution is -0.263. The predicted octanol–water partition coefficient (Wildman–Crippen LogP) is 2.07. The van der Waals surface area contributed by atoms with Crippen LogP contribution in [0.5, 0.6) is 0 Å². The quantitative estimate of drug-likeness (QED) is 0.805. The average Bonchev–Trinajstić information content (AvgIpc) is 3.01. The molecule has 1 heterocycles. The number of carbonyl (C=O) groups is 1. The van der Waals surface area contributed by atoms with E-state index in [2.05, 4.69) is 4.98 Å². The highest BCUT2D eigenvalue weighted by atomic mass is 19.4. The number of rotatable bonds is 4. The van der Waals surface area contributed by atoms with Gasteiger partial charge >= 0.3 is 6.18 Å². The summed E-state index contributed by atoms with van der Waals surface area (Å²) >= 11 is 0. The Morgan fingerprint density at radius 2 is 1.96 bits per heavy atom. The number of hydrogen-bond donors (Lipinski definition) is 3. The molecule has 1 aromatic heterocycles. The lowest BCUT2D eigenvalue weighted by atomic mass is 9.93. The summed E-state index contributed by atoms with van der Waals surface area (Å²) in [4.78, 5) is 14.3. The van der Waals surface area contributed by atoms with Crippen molar-refractivity contribution < 1.29 is 23.1 Å². The van der Waals surface area contributed by atoms with Gasteiger partial charge in [0.2, 0.25) is 5.60 Å². The van der Waals surface area contributed by atoms with Crippen LogP contribution >= 0.6 is 0 Å². The first-order chi connectivity index (χ1) is 10.8. The van der Waals surface area contributed by atoms with Crippen molar-refractivity contribution in [3.63, 3.8) is 0 Å². The van der Waals surface area contributed by atoms with Gasteiger partial charge in [0.05, 0.1) is 12.1 Å². The van der Waals surface area contributed by atoms with Crippen LogP contribution in [-0.4, -0.2) is 28.7 Å². The number of aromatic amines is 1. The maximum Gasteiger partial charge on any atom is 0.423 e. The van der Waals surface area contributed by atoms with Gasteiger partial charge in [0.1, 0.15) is 11.8 Å². The molecule has 120 valence electrons. The van der Waals surface area contributed by atoms with Gasteiger partial charge in [-0.05, 0) is 11.6 Å². The second-order valence-corrected chi connectivity index (χ2v) is 4.82. The average molecular weight is 323 g/mol. The number of aromatic nitrogens is 1. The lowest BCUT2D eigenvalue weighted by Crippen LogP contribution is -2.51. The lowest BCUT2D eigenvalue weighted by Gasteiger charge is -2.31. The molecule has 3 N–H and O–H groups in total. The van der Waals surface area contributed by atoms with E-state index in [0.717, 1.165) is 12.1 Å². The van der Waals surface area contributed by atoms with Crippen molar-refractivity contribution >= 4 is 5.91 Å². The molecule has 23 heavy (non-hydrogen) atoms. The molecule has 0 aliphatic carbocycles. The summed E-state index contributed by atoms with van der Waals surface area (Å²) < 4.78 is 39.7. The smallest absolute Gasteiger partial charge is 0.375 e. The van der Waals surface area contributed by atoms with E-state index < -0.39 is 24.2 Å². The number of halogens is 3. The van der Waals surface area contributed by atoms with Gasteiger partial charge in [0.15, 0.2) is 0 Å². The molecule has 2 aromatic rings. The van der Waals surface area contributed by atoms with Gasteiger partial charge in [-0.15, -0.1) is 0 Å². The molecular weight excluding hydrogens is 311 g/mol. The summed E-state index contributed by atoms with van der Waals surface area (Å²) in [6.45, 7) is -1.06. The number of nitrogens with zero attached hydrogens (tertiary/aromatic N) is 1. The SMILES string of the molecule is N#Cc1c[nH]c(C(=O)NCC(O)(c2ccccc2)C(F)(F)F)c1. The van der Waals surface area contributed by atoms with E-state index in [4.69, 9.17) is 5.26 Å². The number of benzene rings is 1. The topological polar surface area (TPSA) is 88.9 Å². The zero-order chi connectivity index (χ0) is 17.1. The molecule has 2 rings (SSSR count). The second kappa shape index (κ2) is 6.14. The molecule has 0 saturated heterocycles. The third-order valence-electron chi connectivity index (χ3n) is 3.28. The number of carbonyl (C=O) groups excluding carboxylic acids is 1. The van der Waals surface area contributed by atoms with Crippen LogP contribution < -0.4 is 5.32 Å². The van der Waals surface area contributed by atoms with Crippen LogP contribution in [0.2, 0.25) is 0 Å².